The van der Waals surface area contributed by atoms with Gasteiger partial charge in [0.1, 0.15) is 17.0 Å². The highest BCUT2D eigenvalue weighted by Crippen LogP contribution is 2.21. The molecule has 0 aliphatic heterocycles. The molecule has 0 aliphatic rings. The summed E-state index contributed by atoms with van der Waals surface area (Å²) in [5.41, 5.74) is 10.3. The number of fused-ring (bicyclic) bond motifs is 1. The normalized spacial score (nSPS) is 10.4. The SMILES string of the molecule is CCc1cccnc1C#Cc1cccc(-c2ncc3ccnc(N)c3n2)c1. The highest BCUT2D eigenvalue weighted by atomic mass is 14.9. The number of aromatic nitrogens is 4. The zero-order valence-corrected chi connectivity index (χ0v) is 14.8. The zero-order valence-electron chi connectivity index (χ0n) is 14.8. The molecule has 0 aliphatic carbocycles. The van der Waals surface area contributed by atoms with Gasteiger partial charge in [-0.3, -0.25) is 0 Å². The third-order valence-corrected chi connectivity index (χ3v) is 4.25. The lowest BCUT2D eigenvalue weighted by atomic mass is 10.1. The third-order valence-electron chi connectivity index (χ3n) is 4.25. The van der Waals surface area contributed by atoms with Gasteiger partial charge in [0.25, 0.3) is 0 Å². The second-order valence-corrected chi connectivity index (χ2v) is 6.02. The fourth-order valence-electron chi connectivity index (χ4n) is 2.82. The van der Waals surface area contributed by atoms with Gasteiger partial charge in [-0.1, -0.05) is 31.0 Å². The van der Waals surface area contributed by atoms with E-state index < -0.39 is 0 Å². The van der Waals surface area contributed by atoms with Crippen molar-refractivity contribution in [3.8, 4) is 23.2 Å². The molecule has 0 bridgehead atoms. The maximum atomic E-state index is 5.94. The number of benzene rings is 1. The smallest absolute Gasteiger partial charge is 0.159 e. The molecule has 3 heterocycles. The summed E-state index contributed by atoms with van der Waals surface area (Å²) in [6, 6.07) is 13.7. The maximum absolute atomic E-state index is 5.94. The highest BCUT2D eigenvalue weighted by molar-refractivity contribution is 5.87. The molecule has 0 amide bonds. The fourth-order valence-corrected chi connectivity index (χ4v) is 2.82. The molecule has 0 unspecified atom stereocenters. The van der Waals surface area contributed by atoms with E-state index in [2.05, 4.69) is 44.8 Å². The Morgan fingerprint density at radius 2 is 1.89 bits per heavy atom. The number of hydrogen-bond donors (Lipinski definition) is 1. The van der Waals surface area contributed by atoms with Crippen LogP contribution in [-0.4, -0.2) is 19.9 Å². The number of anilines is 1. The zero-order chi connectivity index (χ0) is 18.6. The average molecular weight is 351 g/mol. The van der Waals surface area contributed by atoms with Gasteiger partial charge >= 0.3 is 0 Å². The molecule has 0 saturated heterocycles. The Morgan fingerprint density at radius 3 is 2.78 bits per heavy atom. The molecule has 0 saturated carbocycles. The molecule has 0 fully saturated rings. The standard InChI is InChI=1S/C22H17N5/c1-2-16-7-4-11-24-19(16)9-8-15-5-3-6-17(13-15)22-26-14-18-10-12-25-21(23)20(18)27-22/h3-7,10-14H,2H2,1H3,(H2,23,25). The van der Waals surface area contributed by atoms with Crippen LogP contribution in [0.2, 0.25) is 0 Å². The Hall–Kier alpha value is -3.78. The third kappa shape index (κ3) is 3.46. The quantitative estimate of drug-likeness (QED) is 0.558. The molecule has 0 radical (unpaired) electrons. The van der Waals surface area contributed by atoms with E-state index >= 15 is 0 Å². The van der Waals surface area contributed by atoms with Crippen LogP contribution in [0.1, 0.15) is 23.7 Å². The second kappa shape index (κ2) is 7.22. The van der Waals surface area contributed by atoms with Crippen molar-refractivity contribution in [1.82, 2.24) is 19.9 Å². The van der Waals surface area contributed by atoms with Gasteiger partial charge in [0.2, 0.25) is 0 Å². The van der Waals surface area contributed by atoms with Crippen LogP contribution in [0.5, 0.6) is 0 Å². The van der Waals surface area contributed by atoms with E-state index in [-0.39, 0.29) is 0 Å². The van der Waals surface area contributed by atoms with Gasteiger partial charge < -0.3 is 5.73 Å². The van der Waals surface area contributed by atoms with Crippen molar-refractivity contribution in [3.63, 3.8) is 0 Å². The molecule has 130 valence electrons. The van der Waals surface area contributed by atoms with Crippen molar-refractivity contribution in [1.29, 1.82) is 0 Å². The van der Waals surface area contributed by atoms with Gasteiger partial charge in [0, 0.05) is 35.1 Å². The van der Waals surface area contributed by atoms with E-state index in [1.807, 2.05) is 36.4 Å². The lowest BCUT2D eigenvalue weighted by molar-refractivity contribution is 1.09. The van der Waals surface area contributed by atoms with Crippen molar-refractivity contribution < 1.29 is 0 Å². The molecule has 4 aromatic rings. The molecule has 0 spiro atoms. The number of hydrogen-bond acceptors (Lipinski definition) is 5. The van der Waals surface area contributed by atoms with Crippen LogP contribution in [0, 0.1) is 11.8 Å². The van der Waals surface area contributed by atoms with Crippen LogP contribution >= 0.6 is 0 Å². The number of nitrogens with two attached hydrogens (primary N) is 1. The molecule has 27 heavy (non-hydrogen) atoms. The topological polar surface area (TPSA) is 77.6 Å². The number of nitrogen functional groups attached to an aromatic ring is 1. The second-order valence-electron chi connectivity index (χ2n) is 6.02. The first-order valence-electron chi connectivity index (χ1n) is 8.68. The van der Waals surface area contributed by atoms with Gasteiger partial charge in [0.15, 0.2) is 5.82 Å². The Labute approximate surface area is 157 Å². The van der Waals surface area contributed by atoms with Crippen LogP contribution in [0.15, 0.2) is 61.1 Å². The summed E-state index contributed by atoms with van der Waals surface area (Å²) in [6.07, 6.45) is 6.08. The van der Waals surface area contributed by atoms with Gasteiger partial charge in [0.05, 0.1) is 0 Å². The Kier molecular flexibility index (Phi) is 4.46. The highest BCUT2D eigenvalue weighted by Gasteiger charge is 2.06. The molecular weight excluding hydrogens is 334 g/mol. The van der Waals surface area contributed by atoms with Crippen LogP contribution in [0.25, 0.3) is 22.3 Å². The molecular formula is C22H17N5. The van der Waals surface area contributed by atoms with Gasteiger partial charge in [-0.25, -0.2) is 19.9 Å². The minimum atomic E-state index is 0.398. The van der Waals surface area contributed by atoms with E-state index in [9.17, 15) is 0 Å². The average Bonchev–Trinajstić information content (AvgIpc) is 2.73. The first kappa shape index (κ1) is 16.7. The van der Waals surface area contributed by atoms with Crippen molar-refractivity contribution in [2.75, 3.05) is 5.73 Å². The predicted molar refractivity (Wildman–Crippen MR) is 107 cm³/mol. The molecule has 5 nitrogen and oxygen atoms in total. The number of aryl methyl sites for hydroxylation is 1. The first-order valence-corrected chi connectivity index (χ1v) is 8.68. The molecule has 2 N–H and O–H groups in total. The Bertz CT molecular complexity index is 1190. The summed E-state index contributed by atoms with van der Waals surface area (Å²) in [5.74, 6) is 7.35. The number of rotatable bonds is 2. The van der Waals surface area contributed by atoms with E-state index in [4.69, 9.17) is 5.73 Å². The predicted octanol–water partition coefficient (Wildman–Crippen LogP) is 3.63. The van der Waals surface area contributed by atoms with E-state index in [0.29, 0.717) is 17.2 Å². The molecule has 5 heteroatoms. The summed E-state index contributed by atoms with van der Waals surface area (Å²) >= 11 is 0. The summed E-state index contributed by atoms with van der Waals surface area (Å²) in [6.45, 7) is 2.10. The van der Waals surface area contributed by atoms with Crippen molar-refractivity contribution in [2.24, 2.45) is 0 Å². The van der Waals surface area contributed by atoms with Crippen LogP contribution < -0.4 is 5.73 Å². The van der Waals surface area contributed by atoms with Gasteiger partial charge in [-0.2, -0.15) is 0 Å². The monoisotopic (exact) mass is 351 g/mol. The van der Waals surface area contributed by atoms with E-state index in [1.165, 1.54) is 0 Å². The van der Waals surface area contributed by atoms with Crippen molar-refractivity contribution in [2.45, 2.75) is 13.3 Å². The van der Waals surface area contributed by atoms with Crippen molar-refractivity contribution in [3.05, 3.63) is 77.9 Å². The Morgan fingerprint density at radius 1 is 0.963 bits per heavy atom. The van der Waals surface area contributed by atoms with Crippen molar-refractivity contribution >= 4 is 16.7 Å². The Balaban J connectivity index is 1.72. The molecule has 3 aromatic heterocycles. The summed E-state index contributed by atoms with van der Waals surface area (Å²) in [4.78, 5) is 17.5. The van der Waals surface area contributed by atoms with E-state index in [0.717, 1.165) is 34.2 Å². The molecule has 4 rings (SSSR count). The van der Waals surface area contributed by atoms with Crippen LogP contribution in [-0.2, 0) is 6.42 Å². The summed E-state index contributed by atoms with van der Waals surface area (Å²) < 4.78 is 0. The minimum absolute atomic E-state index is 0.398. The first-order chi connectivity index (χ1) is 13.2. The molecule has 0 atom stereocenters. The maximum Gasteiger partial charge on any atom is 0.159 e. The van der Waals surface area contributed by atoms with Crippen LogP contribution in [0.3, 0.4) is 0 Å². The summed E-state index contributed by atoms with van der Waals surface area (Å²) in [5, 5.41) is 0.865. The number of nitrogens with zero attached hydrogens (tertiary/aromatic N) is 4. The lowest BCUT2D eigenvalue weighted by Gasteiger charge is -2.04. The van der Waals surface area contributed by atoms with Gasteiger partial charge in [-0.15, -0.1) is 0 Å². The van der Waals surface area contributed by atoms with Gasteiger partial charge in [-0.05, 0) is 42.2 Å². The van der Waals surface area contributed by atoms with Crippen LogP contribution in [0.4, 0.5) is 5.82 Å². The fraction of sp³-hybridized carbons (Fsp3) is 0.0909. The lowest BCUT2D eigenvalue weighted by Crippen LogP contribution is -1.96. The van der Waals surface area contributed by atoms with E-state index in [1.54, 1.807) is 18.6 Å². The largest absolute Gasteiger partial charge is 0.382 e. The summed E-state index contributed by atoms with van der Waals surface area (Å²) in [7, 11) is 0. The number of pyridine rings is 2. The minimum Gasteiger partial charge on any atom is -0.382 e. The molecule has 1 aromatic carbocycles.